The van der Waals surface area contributed by atoms with Gasteiger partial charge in [0, 0.05) is 31.5 Å². The lowest BCUT2D eigenvalue weighted by Crippen LogP contribution is -2.42. The van der Waals surface area contributed by atoms with Gasteiger partial charge in [-0.2, -0.15) is 0 Å². The third kappa shape index (κ3) is 7.27. The SMILES string of the molecule is CC(=O)Nc1ccccc1OC[C@@H](O)CN1CC(Oc2ccc(Cl)cc2)CC1C(=O)O.Cl. The molecule has 0 spiro atoms. The van der Waals surface area contributed by atoms with Gasteiger partial charge in [0.25, 0.3) is 0 Å². The van der Waals surface area contributed by atoms with Crippen LogP contribution in [0.1, 0.15) is 13.3 Å². The molecular weight excluding hydrogens is 459 g/mol. The van der Waals surface area contributed by atoms with Crippen molar-refractivity contribution in [2.45, 2.75) is 31.6 Å². The molecule has 1 fully saturated rings. The van der Waals surface area contributed by atoms with E-state index < -0.39 is 18.1 Å². The molecule has 1 heterocycles. The Morgan fingerprint density at radius 3 is 2.56 bits per heavy atom. The summed E-state index contributed by atoms with van der Waals surface area (Å²) >= 11 is 5.88. The van der Waals surface area contributed by atoms with Crippen LogP contribution >= 0.6 is 24.0 Å². The lowest BCUT2D eigenvalue weighted by Gasteiger charge is -2.24. The third-order valence-electron chi connectivity index (χ3n) is 4.84. The Kier molecular flexibility index (Phi) is 9.59. The maximum Gasteiger partial charge on any atom is 0.321 e. The predicted molar refractivity (Wildman–Crippen MR) is 123 cm³/mol. The fourth-order valence-electron chi connectivity index (χ4n) is 3.51. The highest BCUT2D eigenvalue weighted by molar-refractivity contribution is 6.30. The topological polar surface area (TPSA) is 108 Å². The molecule has 3 rings (SSSR count). The Morgan fingerprint density at radius 1 is 1.22 bits per heavy atom. The minimum atomic E-state index is -0.966. The van der Waals surface area contributed by atoms with Gasteiger partial charge in [0.15, 0.2) is 0 Å². The maximum atomic E-state index is 11.7. The zero-order valence-electron chi connectivity index (χ0n) is 17.4. The van der Waals surface area contributed by atoms with Gasteiger partial charge >= 0.3 is 5.97 Å². The Hall–Kier alpha value is -2.52. The molecule has 3 N–H and O–H groups in total. The lowest BCUT2D eigenvalue weighted by molar-refractivity contribution is -0.142. The number of aliphatic carboxylic acids is 1. The number of aliphatic hydroxyl groups is 1. The summed E-state index contributed by atoms with van der Waals surface area (Å²) in [6.45, 7) is 1.81. The van der Waals surface area contributed by atoms with E-state index in [9.17, 15) is 19.8 Å². The number of carboxylic acids is 1. The van der Waals surface area contributed by atoms with E-state index in [1.54, 1.807) is 53.4 Å². The molecule has 0 radical (unpaired) electrons. The first-order valence-electron chi connectivity index (χ1n) is 9.88. The predicted octanol–water partition coefficient (Wildman–Crippen LogP) is 3.07. The number of carbonyl (C=O) groups is 2. The van der Waals surface area contributed by atoms with Gasteiger partial charge < -0.3 is 25.0 Å². The highest BCUT2D eigenvalue weighted by Gasteiger charge is 2.38. The van der Waals surface area contributed by atoms with Crippen LogP contribution in [0.15, 0.2) is 48.5 Å². The van der Waals surface area contributed by atoms with E-state index in [0.29, 0.717) is 35.2 Å². The number of likely N-dealkylation sites (tertiary alicyclic amines) is 1. The van der Waals surface area contributed by atoms with E-state index in [-0.39, 0.29) is 37.6 Å². The number of hydrogen-bond donors (Lipinski definition) is 3. The molecule has 10 heteroatoms. The molecule has 0 aromatic heterocycles. The second-order valence-electron chi connectivity index (χ2n) is 7.38. The molecule has 1 amide bonds. The number of hydrogen-bond acceptors (Lipinski definition) is 6. The molecule has 1 aliphatic heterocycles. The van der Waals surface area contributed by atoms with E-state index >= 15 is 0 Å². The molecule has 8 nitrogen and oxygen atoms in total. The van der Waals surface area contributed by atoms with Crippen LogP contribution in [0.3, 0.4) is 0 Å². The first kappa shape index (κ1) is 25.7. The number of ether oxygens (including phenoxy) is 2. The second-order valence-corrected chi connectivity index (χ2v) is 7.82. The van der Waals surface area contributed by atoms with Crippen molar-refractivity contribution in [3.8, 4) is 11.5 Å². The van der Waals surface area contributed by atoms with Crippen LogP contribution in [-0.4, -0.2) is 64.9 Å². The van der Waals surface area contributed by atoms with Crippen LogP contribution < -0.4 is 14.8 Å². The van der Waals surface area contributed by atoms with Crippen molar-refractivity contribution >= 4 is 41.6 Å². The summed E-state index contributed by atoms with van der Waals surface area (Å²) in [5.74, 6) is -0.160. The van der Waals surface area contributed by atoms with Crippen molar-refractivity contribution in [1.82, 2.24) is 4.90 Å². The number of amides is 1. The second kappa shape index (κ2) is 11.9. The first-order chi connectivity index (χ1) is 14.8. The normalized spacial score (nSPS) is 19.0. The largest absolute Gasteiger partial charge is 0.489 e. The quantitative estimate of drug-likeness (QED) is 0.501. The average Bonchev–Trinajstić information content (AvgIpc) is 3.11. The molecular formula is C22H26Cl2N2O6. The van der Waals surface area contributed by atoms with Crippen LogP contribution in [0.5, 0.6) is 11.5 Å². The third-order valence-corrected chi connectivity index (χ3v) is 5.09. The summed E-state index contributed by atoms with van der Waals surface area (Å²) in [6.07, 6.45) is -0.950. The number of para-hydroxylation sites is 2. The van der Waals surface area contributed by atoms with Crippen molar-refractivity contribution in [3.05, 3.63) is 53.6 Å². The van der Waals surface area contributed by atoms with Crippen LogP contribution in [0.2, 0.25) is 5.02 Å². The average molecular weight is 485 g/mol. The van der Waals surface area contributed by atoms with Crippen LogP contribution in [0, 0.1) is 0 Å². The van der Waals surface area contributed by atoms with Crippen molar-refractivity contribution < 1.29 is 29.3 Å². The number of nitrogens with zero attached hydrogens (tertiary/aromatic N) is 1. The Bertz CT molecular complexity index is 912. The van der Waals surface area contributed by atoms with E-state index in [0.717, 1.165) is 0 Å². The van der Waals surface area contributed by atoms with E-state index in [4.69, 9.17) is 21.1 Å². The van der Waals surface area contributed by atoms with E-state index in [2.05, 4.69) is 5.32 Å². The minimum absolute atomic E-state index is 0. The van der Waals surface area contributed by atoms with E-state index in [1.807, 2.05) is 0 Å². The molecule has 0 aliphatic carbocycles. The zero-order chi connectivity index (χ0) is 22.4. The number of halogens is 2. The zero-order valence-corrected chi connectivity index (χ0v) is 19.0. The summed E-state index contributed by atoms with van der Waals surface area (Å²) in [7, 11) is 0. The number of nitrogens with one attached hydrogen (secondary N) is 1. The van der Waals surface area contributed by atoms with Crippen molar-refractivity contribution in [2.24, 2.45) is 0 Å². The lowest BCUT2D eigenvalue weighted by atomic mass is 10.2. The van der Waals surface area contributed by atoms with Crippen LogP contribution in [-0.2, 0) is 9.59 Å². The molecule has 1 aliphatic rings. The summed E-state index contributed by atoms with van der Waals surface area (Å²) < 4.78 is 11.5. The summed E-state index contributed by atoms with van der Waals surface area (Å²) in [6, 6.07) is 13.0. The van der Waals surface area contributed by atoms with Crippen molar-refractivity contribution in [2.75, 3.05) is 25.0 Å². The number of rotatable bonds is 9. The molecule has 0 bridgehead atoms. The molecule has 2 aromatic rings. The number of carboxylic acid groups (broad SMARTS) is 1. The Labute approximate surface area is 197 Å². The summed E-state index contributed by atoms with van der Waals surface area (Å²) in [5.41, 5.74) is 0.503. The molecule has 2 aromatic carbocycles. The Morgan fingerprint density at radius 2 is 1.91 bits per heavy atom. The van der Waals surface area contributed by atoms with Gasteiger partial charge in [0.1, 0.15) is 36.4 Å². The Balaban J connectivity index is 0.00000363. The fraction of sp³-hybridized carbons (Fsp3) is 0.364. The van der Waals surface area contributed by atoms with E-state index in [1.165, 1.54) is 6.92 Å². The number of aliphatic hydroxyl groups excluding tert-OH is 1. The van der Waals surface area contributed by atoms with Gasteiger partial charge in [-0.05, 0) is 36.4 Å². The molecule has 1 saturated heterocycles. The van der Waals surface area contributed by atoms with Crippen molar-refractivity contribution in [1.29, 1.82) is 0 Å². The minimum Gasteiger partial charge on any atom is -0.489 e. The van der Waals surface area contributed by atoms with Crippen molar-refractivity contribution in [3.63, 3.8) is 0 Å². The van der Waals surface area contributed by atoms with Crippen LogP contribution in [0.25, 0.3) is 0 Å². The van der Waals surface area contributed by atoms with Gasteiger partial charge in [-0.25, -0.2) is 0 Å². The monoisotopic (exact) mass is 484 g/mol. The van der Waals surface area contributed by atoms with Gasteiger partial charge in [-0.3, -0.25) is 14.5 Å². The summed E-state index contributed by atoms with van der Waals surface area (Å²) in [4.78, 5) is 24.7. The van der Waals surface area contributed by atoms with Gasteiger partial charge in [0.2, 0.25) is 5.91 Å². The molecule has 174 valence electrons. The first-order valence-corrected chi connectivity index (χ1v) is 10.3. The standard InChI is InChI=1S/C22H25ClN2O6.ClH/c1-14(26)24-19-4-2-3-5-21(19)30-13-16(27)11-25-12-18(10-20(25)22(28)29)31-17-8-6-15(23)7-9-17;/h2-9,16,18,20,27H,10-13H2,1H3,(H,24,26)(H,28,29);1H/t16-,18?,20?;/m0./s1. The molecule has 32 heavy (non-hydrogen) atoms. The molecule has 2 unspecified atom stereocenters. The number of carbonyl (C=O) groups excluding carboxylic acids is 1. The number of benzene rings is 2. The number of β-amino-alcohol motifs (C(OH)–C–C–N with tert-alkyl or cyclic N) is 1. The van der Waals surface area contributed by atoms with Gasteiger partial charge in [-0.1, -0.05) is 23.7 Å². The summed E-state index contributed by atoms with van der Waals surface area (Å²) in [5, 5.41) is 23.3. The highest BCUT2D eigenvalue weighted by atomic mass is 35.5. The maximum absolute atomic E-state index is 11.7. The molecule has 3 atom stereocenters. The number of anilines is 1. The van der Waals surface area contributed by atoms with Crippen LogP contribution in [0.4, 0.5) is 5.69 Å². The highest BCUT2D eigenvalue weighted by Crippen LogP contribution is 2.26. The van der Waals surface area contributed by atoms with Gasteiger partial charge in [-0.15, -0.1) is 12.4 Å². The molecule has 0 saturated carbocycles. The fourth-order valence-corrected chi connectivity index (χ4v) is 3.63. The smallest absolute Gasteiger partial charge is 0.321 e. The van der Waals surface area contributed by atoms with Gasteiger partial charge in [0.05, 0.1) is 5.69 Å².